The van der Waals surface area contributed by atoms with Crippen LogP contribution in [0.15, 0.2) is 158 Å². The van der Waals surface area contributed by atoms with E-state index >= 15 is 0 Å². The zero-order valence-corrected chi connectivity index (χ0v) is 29.5. The minimum absolute atomic E-state index is 0.126. The molecule has 0 bridgehead atoms. The SMILES string of the molecule is CC1(C)c2ccccc2-c2ccc(-c3ncccc3-c3nc(-c4ccc(-c5ccccc5)cc4)nc(-c4cccc5c4sc4ccccc45)n3)cc21. The molecule has 1 aliphatic rings. The molecule has 5 heteroatoms. The van der Waals surface area contributed by atoms with Gasteiger partial charge in [0.2, 0.25) is 0 Å². The fourth-order valence-electron chi connectivity index (χ4n) is 7.78. The highest BCUT2D eigenvalue weighted by molar-refractivity contribution is 7.26. The van der Waals surface area contributed by atoms with Gasteiger partial charge in [0.05, 0.1) is 5.69 Å². The van der Waals surface area contributed by atoms with Gasteiger partial charge < -0.3 is 0 Å². The molecule has 0 fully saturated rings. The van der Waals surface area contributed by atoms with Crippen LogP contribution in [0.25, 0.3) is 87.8 Å². The summed E-state index contributed by atoms with van der Waals surface area (Å²) in [5.41, 5.74) is 12.1. The summed E-state index contributed by atoms with van der Waals surface area (Å²) >= 11 is 1.78. The van der Waals surface area contributed by atoms with Gasteiger partial charge in [-0.25, -0.2) is 15.0 Å². The van der Waals surface area contributed by atoms with E-state index in [1.54, 1.807) is 11.3 Å². The van der Waals surface area contributed by atoms with Crippen LogP contribution in [0.5, 0.6) is 0 Å². The molecule has 0 spiro atoms. The fourth-order valence-corrected chi connectivity index (χ4v) is 8.99. The maximum absolute atomic E-state index is 5.25. The monoisotopic (exact) mass is 684 g/mol. The molecule has 10 rings (SSSR count). The lowest BCUT2D eigenvalue weighted by Gasteiger charge is -2.22. The first-order chi connectivity index (χ1) is 25.5. The van der Waals surface area contributed by atoms with Gasteiger partial charge in [-0.15, -0.1) is 11.3 Å². The number of aromatic nitrogens is 4. The van der Waals surface area contributed by atoms with Crippen LogP contribution in [0.1, 0.15) is 25.0 Å². The molecule has 0 radical (unpaired) electrons. The van der Waals surface area contributed by atoms with Gasteiger partial charge in [-0.05, 0) is 63.7 Å². The molecule has 4 nitrogen and oxygen atoms in total. The predicted molar refractivity (Wildman–Crippen MR) is 215 cm³/mol. The first-order valence-electron chi connectivity index (χ1n) is 17.6. The van der Waals surface area contributed by atoms with Crippen molar-refractivity contribution in [1.29, 1.82) is 0 Å². The lowest BCUT2D eigenvalue weighted by Crippen LogP contribution is -2.15. The molecule has 0 amide bonds. The van der Waals surface area contributed by atoms with E-state index in [1.165, 1.54) is 43.3 Å². The number of nitrogens with zero attached hydrogens (tertiary/aromatic N) is 4. The average molecular weight is 685 g/mol. The molecule has 1 aliphatic carbocycles. The highest BCUT2D eigenvalue weighted by Gasteiger charge is 2.35. The summed E-state index contributed by atoms with van der Waals surface area (Å²) in [5, 5.41) is 2.45. The molecule has 3 aromatic heterocycles. The standard InChI is InChI=1S/C47H32N4S/c1-47(2)39-19-8-6-14-33(39)34-26-25-32(28-40(34)47)42-37(18-11-27-48-42)45-49-44(31-23-21-30(22-24-31)29-12-4-3-5-13-29)50-46(51-45)38-17-10-16-36-35-15-7-9-20-41(35)52-43(36)38/h3-28H,1-2H3. The van der Waals surface area contributed by atoms with Gasteiger partial charge in [0.1, 0.15) is 0 Å². The molecular weight excluding hydrogens is 653 g/mol. The molecule has 0 aliphatic heterocycles. The summed E-state index contributed by atoms with van der Waals surface area (Å²) in [7, 11) is 0. The molecule has 3 heterocycles. The Morgan fingerprint density at radius 1 is 0.442 bits per heavy atom. The van der Waals surface area contributed by atoms with Crippen molar-refractivity contribution in [2.45, 2.75) is 19.3 Å². The van der Waals surface area contributed by atoms with Crippen LogP contribution in [0.2, 0.25) is 0 Å². The van der Waals surface area contributed by atoms with Gasteiger partial charge in [-0.2, -0.15) is 0 Å². The summed E-state index contributed by atoms with van der Waals surface area (Å²) in [6.45, 7) is 4.62. The van der Waals surface area contributed by atoms with Crippen molar-refractivity contribution in [1.82, 2.24) is 19.9 Å². The van der Waals surface area contributed by atoms with Crippen molar-refractivity contribution in [3.05, 3.63) is 169 Å². The summed E-state index contributed by atoms with van der Waals surface area (Å²) in [6.07, 6.45) is 1.86. The average Bonchev–Trinajstić information content (AvgIpc) is 3.70. The molecule has 9 aromatic rings. The van der Waals surface area contributed by atoms with Gasteiger partial charge in [-0.3, -0.25) is 4.98 Å². The highest BCUT2D eigenvalue weighted by Crippen LogP contribution is 2.50. The minimum atomic E-state index is -0.126. The Kier molecular flexibility index (Phi) is 6.98. The number of pyridine rings is 1. The van der Waals surface area contributed by atoms with Gasteiger partial charge in [0, 0.05) is 54.0 Å². The third kappa shape index (κ3) is 4.89. The second-order valence-corrected chi connectivity index (χ2v) is 14.9. The number of fused-ring (bicyclic) bond motifs is 6. The third-order valence-electron chi connectivity index (χ3n) is 10.4. The Bertz CT molecular complexity index is 2820. The molecule has 246 valence electrons. The maximum atomic E-state index is 5.25. The van der Waals surface area contributed by atoms with E-state index in [2.05, 4.69) is 153 Å². The predicted octanol–water partition coefficient (Wildman–Crippen LogP) is 12.3. The first-order valence-corrected chi connectivity index (χ1v) is 18.4. The second-order valence-electron chi connectivity index (χ2n) is 13.9. The quantitative estimate of drug-likeness (QED) is 0.181. The van der Waals surface area contributed by atoms with E-state index in [1.807, 2.05) is 18.3 Å². The lowest BCUT2D eigenvalue weighted by molar-refractivity contribution is 0.660. The summed E-state index contributed by atoms with van der Waals surface area (Å²) in [6, 6.07) is 53.4. The van der Waals surface area contributed by atoms with Crippen molar-refractivity contribution in [3.63, 3.8) is 0 Å². The van der Waals surface area contributed by atoms with E-state index in [0.29, 0.717) is 17.5 Å². The Hall–Kier alpha value is -6.30. The van der Waals surface area contributed by atoms with Crippen molar-refractivity contribution in [2.24, 2.45) is 0 Å². The molecule has 0 atom stereocenters. The molecule has 0 saturated heterocycles. The number of hydrogen-bond donors (Lipinski definition) is 0. The van der Waals surface area contributed by atoms with Crippen LogP contribution in [0.3, 0.4) is 0 Å². The Labute approximate surface area is 306 Å². The van der Waals surface area contributed by atoms with Crippen LogP contribution in [0.4, 0.5) is 0 Å². The van der Waals surface area contributed by atoms with E-state index < -0.39 is 0 Å². The lowest BCUT2D eigenvalue weighted by atomic mass is 9.81. The van der Waals surface area contributed by atoms with Gasteiger partial charge in [0.15, 0.2) is 17.5 Å². The minimum Gasteiger partial charge on any atom is -0.255 e. The Morgan fingerprint density at radius 3 is 1.92 bits per heavy atom. The molecule has 6 aromatic carbocycles. The van der Waals surface area contributed by atoms with Crippen molar-refractivity contribution < 1.29 is 0 Å². The summed E-state index contributed by atoms with van der Waals surface area (Å²) in [4.78, 5) is 20.6. The number of thiophene rings is 1. The zero-order chi connectivity index (χ0) is 34.8. The Balaban J connectivity index is 1.16. The highest BCUT2D eigenvalue weighted by atomic mass is 32.1. The third-order valence-corrected chi connectivity index (χ3v) is 11.7. The van der Waals surface area contributed by atoms with Crippen molar-refractivity contribution >= 4 is 31.5 Å². The maximum Gasteiger partial charge on any atom is 0.166 e. The van der Waals surface area contributed by atoms with E-state index in [4.69, 9.17) is 19.9 Å². The topological polar surface area (TPSA) is 51.6 Å². The molecular formula is C47H32N4S. The van der Waals surface area contributed by atoms with Gasteiger partial charge in [-0.1, -0.05) is 135 Å². The van der Waals surface area contributed by atoms with Gasteiger partial charge >= 0.3 is 0 Å². The van der Waals surface area contributed by atoms with Gasteiger partial charge in [0.25, 0.3) is 0 Å². The van der Waals surface area contributed by atoms with Crippen LogP contribution >= 0.6 is 11.3 Å². The zero-order valence-electron chi connectivity index (χ0n) is 28.7. The Morgan fingerprint density at radius 2 is 1.06 bits per heavy atom. The largest absolute Gasteiger partial charge is 0.255 e. The van der Waals surface area contributed by atoms with Crippen molar-refractivity contribution in [2.75, 3.05) is 0 Å². The molecule has 0 saturated carbocycles. The van der Waals surface area contributed by atoms with Crippen LogP contribution < -0.4 is 0 Å². The van der Waals surface area contributed by atoms with E-state index in [0.717, 1.165) is 38.2 Å². The fraction of sp³-hybridized carbons (Fsp3) is 0.0638. The number of hydrogen-bond acceptors (Lipinski definition) is 5. The first kappa shape index (κ1) is 30.5. The van der Waals surface area contributed by atoms with Crippen molar-refractivity contribution in [3.8, 4) is 67.7 Å². The molecule has 0 N–H and O–H groups in total. The van der Waals surface area contributed by atoms with Crippen LogP contribution in [0, 0.1) is 0 Å². The van der Waals surface area contributed by atoms with Crippen LogP contribution in [-0.4, -0.2) is 19.9 Å². The summed E-state index contributed by atoms with van der Waals surface area (Å²) < 4.78 is 2.41. The smallest absolute Gasteiger partial charge is 0.166 e. The van der Waals surface area contributed by atoms with E-state index in [9.17, 15) is 0 Å². The number of rotatable bonds is 5. The summed E-state index contributed by atoms with van der Waals surface area (Å²) in [5.74, 6) is 1.86. The second kappa shape index (κ2) is 11.9. The van der Waals surface area contributed by atoms with E-state index in [-0.39, 0.29) is 5.41 Å². The molecule has 52 heavy (non-hydrogen) atoms. The molecule has 0 unspecified atom stereocenters. The number of benzene rings is 6. The normalized spacial score (nSPS) is 13.0. The van der Waals surface area contributed by atoms with Crippen LogP contribution in [-0.2, 0) is 5.41 Å².